The smallest absolute Gasteiger partial charge is 0.277 e. The van der Waals surface area contributed by atoms with Crippen LogP contribution in [-0.2, 0) is 14.6 Å². The molecule has 22 heavy (non-hydrogen) atoms. The number of sulfone groups is 1. The van der Waals surface area contributed by atoms with Crippen LogP contribution in [0.2, 0.25) is 0 Å². The van der Waals surface area contributed by atoms with Gasteiger partial charge < -0.3 is 0 Å². The molecule has 1 unspecified atom stereocenters. The Bertz CT molecular complexity index is 867. The fourth-order valence-electron chi connectivity index (χ4n) is 2.08. The summed E-state index contributed by atoms with van der Waals surface area (Å²) in [5.41, 5.74) is -0.277. The number of aliphatic imine (C=N–C) groups is 1. The molecule has 0 spiro atoms. The zero-order valence-electron chi connectivity index (χ0n) is 10.6. The molecule has 1 aliphatic carbocycles. The lowest BCUT2D eigenvalue weighted by Crippen LogP contribution is -2.46. The van der Waals surface area contributed by atoms with Crippen molar-refractivity contribution in [1.82, 2.24) is 5.06 Å². The minimum absolute atomic E-state index is 0.0274. The maximum atomic E-state index is 12.6. The molecule has 3 rings (SSSR count). The van der Waals surface area contributed by atoms with E-state index in [-0.39, 0.29) is 24.9 Å². The second kappa shape index (κ2) is 5.13. The van der Waals surface area contributed by atoms with E-state index in [1.54, 1.807) is 11.4 Å². The van der Waals surface area contributed by atoms with Crippen molar-refractivity contribution >= 4 is 50.4 Å². The van der Waals surface area contributed by atoms with Gasteiger partial charge in [0.15, 0.2) is 0 Å². The predicted octanol–water partition coefficient (Wildman–Crippen LogP) is 1.95. The Kier molecular flexibility index (Phi) is 3.52. The van der Waals surface area contributed by atoms with Crippen molar-refractivity contribution in [2.45, 2.75) is 4.21 Å². The average Bonchev–Trinajstić information content (AvgIpc) is 2.99. The molecule has 1 N–H and O–H groups in total. The summed E-state index contributed by atoms with van der Waals surface area (Å²) in [6.45, 7) is 0. The van der Waals surface area contributed by atoms with Crippen LogP contribution in [-0.4, -0.2) is 36.3 Å². The number of imide groups is 1. The fraction of sp³-hybridized carbons (Fsp3) is 0.0833. The topological polar surface area (TPSA) is 104 Å². The van der Waals surface area contributed by atoms with Crippen LogP contribution < -0.4 is 0 Å². The summed E-state index contributed by atoms with van der Waals surface area (Å²) in [5, 5.41) is 10.7. The van der Waals surface area contributed by atoms with Crippen LogP contribution in [0.4, 0.5) is 4.79 Å². The molecule has 0 saturated carbocycles. The van der Waals surface area contributed by atoms with E-state index in [4.69, 9.17) is 11.6 Å². The number of rotatable bonds is 2. The van der Waals surface area contributed by atoms with Gasteiger partial charge in [0.25, 0.3) is 5.91 Å². The van der Waals surface area contributed by atoms with Crippen molar-refractivity contribution in [1.29, 1.82) is 0 Å². The number of hydrogen-bond donors (Lipinski definition) is 1. The second-order valence-corrected chi connectivity index (χ2v) is 7.91. The van der Waals surface area contributed by atoms with Gasteiger partial charge in [-0.1, -0.05) is 17.7 Å². The van der Waals surface area contributed by atoms with Crippen LogP contribution in [0.5, 0.6) is 0 Å². The summed E-state index contributed by atoms with van der Waals surface area (Å²) in [7, 11) is -3.94. The zero-order chi connectivity index (χ0) is 16.1. The maximum Gasteiger partial charge on any atom is 0.375 e. The quantitative estimate of drug-likeness (QED) is 0.813. The van der Waals surface area contributed by atoms with Crippen molar-refractivity contribution < 1.29 is 23.2 Å². The highest BCUT2D eigenvalue weighted by atomic mass is 35.5. The molecule has 1 aromatic heterocycles. The third-order valence-corrected chi connectivity index (χ3v) is 6.64. The number of hydroxylamine groups is 2. The van der Waals surface area contributed by atoms with Gasteiger partial charge in [0.05, 0.1) is 10.6 Å². The van der Waals surface area contributed by atoms with Gasteiger partial charge in [0.1, 0.15) is 10.1 Å². The second-order valence-electron chi connectivity index (χ2n) is 4.38. The van der Waals surface area contributed by atoms with E-state index in [1.165, 1.54) is 18.2 Å². The summed E-state index contributed by atoms with van der Waals surface area (Å²) < 4.78 is 25.2. The number of thiophene rings is 1. The van der Waals surface area contributed by atoms with Crippen molar-refractivity contribution in [2.75, 3.05) is 0 Å². The lowest BCUT2D eigenvalue weighted by atomic mass is 9.95. The van der Waals surface area contributed by atoms with E-state index in [0.717, 1.165) is 11.3 Å². The normalized spacial score (nSPS) is 22.0. The highest BCUT2D eigenvalue weighted by molar-refractivity contribution is 7.98. The first-order chi connectivity index (χ1) is 10.3. The van der Waals surface area contributed by atoms with Crippen molar-refractivity contribution in [3.8, 4) is 0 Å². The Balaban J connectivity index is 2.20. The molecule has 2 heterocycles. The van der Waals surface area contributed by atoms with Crippen molar-refractivity contribution in [3.05, 3.63) is 39.6 Å². The molecule has 7 nitrogen and oxygen atoms in total. The van der Waals surface area contributed by atoms with Crippen LogP contribution >= 0.6 is 22.9 Å². The first kappa shape index (κ1) is 15.1. The third-order valence-electron chi connectivity index (χ3n) is 3.10. The van der Waals surface area contributed by atoms with E-state index < -0.39 is 27.7 Å². The van der Waals surface area contributed by atoms with Gasteiger partial charge in [-0.25, -0.2) is 13.2 Å². The molecule has 0 fully saturated rings. The van der Waals surface area contributed by atoms with E-state index in [1.807, 2.05) is 0 Å². The summed E-state index contributed by atoms with van der Waals surface area (Å²) in [5.74, 6) is -2.35. The summed E-state index contributed by atoms with van der Waals surface area (Å²) in [6.07, 6.45) is 2.44. The Labute approximate surface area is 133 Å². The number of nitrogens with zero attached hydrogens (tertiary/aromatic N) is 2. The molecule has 2 aliphatic rings. The van der Waals surface area contributed by atoms with Crippen LogP contribution in [0.1, 0.15) is 0 Å². The highest BCUT2D eigenvalue weighted by Gasteiger charge is 2.44. The van der Waals surface area contributed by atoms with Crippen LogP contribution in [0.25, 0.3) is 0 Å². The Morgan fingerprint density at radius 1 is 1.32 bits per heavy atom. The molecule has 10 heteroatoms. The first-order valence-electron chi connectivity index (χ1n) is 5.86. The molecule has 1 aromatic rings. The van der Waals surface area contributed by atoms with Crippen molar-refractivity contribution in [3.63, 3.8) is 0 Å². The Hall–Kier alpha value is -1.81. The third kappa shape index (κ3) is 2.13. The minimum atomic E-state index is -3.94. The number of amides is 3. The summed E-state index contributed by atoms with van der Waals surface area (Å²) >= 11 is 6.91. The minimum Gasteiger partial charge on any atom is -0.277 e. The number of halogens is 1. The van der Waals surface area contributed by atoms with E-state index in [9.17, 15) is 23.2 Å². The molecular formula is C12H7ClN2O5S2. The Morgan fingerprint density at radius 2 is 2.05 bits per heavy atom. The average molecular weight is 359 g/mol. The van der Waals surface area contributed by atoms with Gasteiger partial charge in [-0.05, 0) is 23.6 Å². The molecule has 1 aliphatic heterocycles. The number of allylic oxidation sites excluding steroid dienone is 3. The van der Waals surface area contributed by atoms with Gasteiger partial charge >= 0.3 is 6.03 Å². The standard InChI is InChI=1S/C12H7ClN2O5S2/c13-6-3-4-7(22(19,20)8-2-1-5-21-8)10-9(6)11(16)15(18)12(17)14-10/h1-5,9,18H. The number of fused-ring (bicyclic) bond motifs is 1. The van der Waals surface area contributed by atoms with Gasteiger partial charge in [0, 0.05) is 5.03 Å². The molecule has 0 saturated heterocycles. The lowest BCUT2D eigenvalue weighted by Gasteiger charge is -2.28. The van der Waals surface area contributed by atoms with Gasteiger partial charge in [0.2, 0.25) is 9.84 Å². The lowest BCUT2D eigenvalue weighted by molar-refractivity contribution is -0.154. The number of urea groups is 1. The maximum absolute atomic E-state index is 12.6. The first-order valence-corrected chi connectivity index (χ1v) is 8.60. The van der Waals surface area contributed by atoms with E-state index in [2.05, 4.69) is 4.99 Å². The summed E-state index contributed by atoms with van der Waals surface area (Å²) in [6, 6.07) is 1.71. The molecule has 0 radical (unpaired) electrons. The molecule has 0 bridgehead atoms. The van der Waals surface area contributed by atoms with Crippen LogP contribution in [0.3, 0.4) is 0 Å². The SMILES string of the molecule is O=C1N=C2C(S(=O)(=O)c3cccs3)=CC=C(Cl)C2C(=O)N1O. The Morgan fingerprint density at radius 3 is 2.68 bits per heavy atom. The molecule has 3 amide bonds. The van der Waals surface area contributed by atoms with Gasteiger partial charge in [-0.2, -0.15) is 4.99 Å². The molecule has 114 valence electrons. The molecular weight excluding hydrogens is 352 g/mol. The number of carbonyl (C=O) groups is 2. The molecule has 1 atom stereocenters. The largest absolute Gasteiger partial charge is 0.375 e. The number of carbonyl (C=O) groups excluding carboxylic acids is 2. The van der Waals surface area contributed by atoms with Gasteiger partial charge in [-0.3, -0.25) is 10.0 Å². The van der Waals surface area contributed by atoms with E-state index >= 15 is 0 Å². The highest BCUT2D eigenvalue weighted by Crippen LogP contribution is 2.35. The molecule has 0 aromatic carbocycles. The predicted molar refractivity (Wildman–Crippen MR) is 78.5 cm³/mol. The zero-order valence-corrected chi connectivity index (χ0v) is 13.0. The van der Waals surface area contributed by atoms with Crippen LogP contribution in [0.15, 0.2) is 48.8 Å². The van der Waals surface area contributed by atoms with Gasteiger partial charge in [-0.15, -0.1) is 16.4 Å². The summed E-state index contributed by atoms with van der Waals surface area (Å²) in [4.78, 5) is 26.7. The fourth-order valence-corrected chi connectivity index (χ4v) is 4.89. The number of hydrogen-bond acceptors (Lipinski definition) is 6. The van der Waals surface area contributed by atoms with Crippen molar-refractivity contribution in [2.24, 2.45) is 10.9 Å². The van der Waals surface area contributed by atoms with Crippen LogP contribution in [0, 0.1) is 5.92 Å². The monoisotopic (exact) mass is 358 g/mol. The van der Waals surface area contributed by atoms with E-state index in [0.29, 0.717) is 0 Å².